The van der Waals surface area contributed by atoms with Crippen molar-refractivity contribution < 1.29 is 4.79 Å². The van der Waals surface area contributed by atoms with Gasteiger partial charge < -0.3 is 4.90 Å². The molecule has 1 aliphatic rings. The predicted octanol–water partition coefficient (Wildman–Crippen LogP) is 3.24. The highest BCUT2D eigenvalue weighted by molar-refractivity contribution is 9.10. The Bertz CT molecular complexity index is 408. The lowest BCUT2D eigenvalue weighted by Crippen LogP contribution is -2.11. The maximum Gasteiger partial charge on any atom is 0.187 e. The molecule has 84 valence electrons. The second kappa shape index (κ2) is 5.30. The third kappa shape index (κ3) is 2.95. The largest absolute Gasteiger partial charge is 0.377 e. The van der Waals surface area contributed by atoms with E-state index in [0.29, 0.717) is 0 Å². The van der Waals surface area contributed by atoms with Crippen LogP contribution in [0.5, 0.6) is 0 Å². The fourth-order valence-corrected chi connectivity index (χ4v) is 2.20. The van der Waals surface area contributed by atoms with Crippen LogP contribution in [0.25, 0.3) is 0 Å². The first-order valence-electron chi connectivity index (χ1n) is 5.48. The van der Waals surface area contributed by atoms with E-state index in [1.165, 1.54) is 12.8 Å². The van der Waals surface area contributed by atoms with Crippen molar-refractivity contribution in [1.82, 2.24) is 4.90 Å². The number of carbonyl (C=O) groups is 1. The molecule has 0 saturated carbocycles. The molecule has 1 aromatic carbocycles. The van der Waals surface area contributed by atoms with Crippen LogP contribution >= 0.6 is 15.9 Å². The van der Waals surface area contributed by atoms with E-state index in [4.69, 9.17) is 0 Å². The maximum absolute atomic E-state index is 11.8. The average Bonchev–Trinajstić information content (AvgIpc) is 2.78. The fraction of sp³-hybridized carbons (Fsp3) is 0.308. The van der Waals surface area contributed by atoms with E-state index >= 15 is 0 Å². The summed E-state index contributed by atoms with van der Waals surface area (Å²) in [7, 11) is 0. The highest BCUT2D eigenvalue weighted by Gasteiger charge is 2.07. The van der Waals surface area contributed by atoms with Crippen molar-refractivity contribution >= 4 is 21.7 Å². The molecule has 2 nitrogen and oxygen atoms in total. The molecule has 1 saturated heterocycles. The first-order chi connectivity index (χ1) is 7.75. The molecule has 0 unspecified atom stereocenters. The van der Waals surface area contributed by atoms with Gasteiger partial charge in [-0.3, -0.25) is 4.79 Å². The van der Waals surface area contributed by atoms with Crippen LogP contribution in [0.4, 0.5) is 0 Å². The molecule has 1 fully saturated rings. The van der Waals surface area contributed by atoms with Crippen molar-refractivity contribution in [3.05, 3.63) is 46.6 Å². The minimum atomic E-state index is 0.0631. The van der Waals surface area contributed by atoms with E-state index in [2.05, 4.69) is 20.8 Å². The number of benzene rings is 1. The quantitative estimate of drug-likeness (QED) is 0.625. The minimum Gasteiger partial charge on any atom is -0.377 e. The Morgan fingerprint density at radius 2 is 2.06 bits per heavy atom. The molecule has 1 heterocycles. The average molecular weight is 280 g/mol. The highest BCUT2D eigenvalue weighted by atomic mass is 79.9. The Morgan fingerprint density at radius 1 is 1.31 bits per heavy atom. The van der Waals surface area contributed by atoms with Gasteiger partial charge in [0.2, 0.25) is 0 Å². The zero-order valence-electron chi connectivity index (χ0n) is 9.03. The summed E-state index contributed by atoms with van der Waals surface area (Å²) in [6.07, 6.45) is 6.04. The summed E-state index contributed by atoms with van der Waals surface area (Å²) >= 11 is 3.36. The Balaban J connectivity index is 2.02. The lowest BCUT2D eigenvalue weighted by Gasteiger charge is -2.09. The second-order valence-corrected chi connectivity index (χ2v) is 4.85. The molecule has 1 aliphatic heterocycles. The van der Waals surface area contributed by atoms with Crippen LogP contribution in [-0.2, 0) is 0 Å². The van der Waals surface area contributed by atoms with Gasteiger partial charge in [0.25, 0.3) is 0 Å². The summed E-state index contributed by atoms with van der Waals surface area (Å²) in [6, 6.07) is 7.47. The number of hydrogen-bond donors (Lipinski definition) is 0. The normalized spacial score (nSPS) is 15.9. The number of halogens is 1. The van der Waals surface area contributed by atoms with Crippen LogP contribution in [0.2, 0.25) is 0 Å². The van der Waals surface area contributed by atoms with Gasteiger partial charge in [0.15, 0.2) is 5.78 Å². The van der Waals surface area contributed by atoms with Crippen molar-refractivity contribution in [2.75, 3.05) is 13.1 Å². The Kier molecular flexibility index (Phi) is 3.78. The molecule has 2 rings (SSSR count). The smallest absolute Gasteiger partial charge is 0.187 e. The third-order valence-electron chi connectivity index (χ3n) is 2.69. The monoisotopic (exact) mass is 279 g/mol. The van der Waals surface area contributed by atoms with Gasteiger partial charge in [-0.05, 0) is 25.0 Å². The van der Waals surface area contributed by atoms with Gasteiger partial charge in [-0.15, -0.1) is 0 Å². The Morgan fingerprint density at radius 3 is 2.75 bits per heavy atom. The summed E-state index contributed by atoms with van der Waals surface area (Å²) < 4.78 is 0.938. The maximum atomic E-state index is 11.8. The standard InChI is InChI=1S/C13H14BrNO/c14-12-5-3-4-11(10-12)13(16)6-9-15-7-1-2-8-15/h3-6,9-10H,1-2,7-8H2. The number of allylic oxidation sites excluding steroid dienone is 1. The molecule has 0 spiro atoms. The van der Waals surface area contributed by atoms with Crippen LogP contribution < -0.4 is 0 Å². The van der Waals surface area contributed by atoms with E-state index in [1.807, 2.05) is 30.5 Å². The van der Waals surface area contributed by atoms with Crippen LogP contribution in [0, 0.1) is 0 Å². The fourth-order valence-electron chi connectivity index (χ4n) is 1.80. The molecular weight excluding hydrogens is 266 g/mol. The summed E-state index contributed by atoms with van der Waals surface area (Å²) in [5, 5.41) is 0. The summed E-state index contributed by atoms with van der Waals surface area (Å²) in [5.74, 6) is 0.0631. The number of hydrogen-bond acceptors (Lipinski definition) is 2. The predicted molar refractivity (Wildman–Crippen MR) is 68.4 cm³/mol. The zero-order chi connectivity index (χ0) is 11.4. The van der Waals surface area contributed by atoms with Crippen LogP contribution in [0.15, 0.2) is 41.0 Å². The summed E-state index contributed by atoms with van der Waals surface area (Å²) in [4.78, 5) is 14.0. The molecule has 0 aliphatic carbocycles. The van der Waals surface area contributed by atoms with E-state index in [0.717, 1.165) is 23.1 Å². The molecule has 16 heavy (non-hydrogen) atoms. The van der Waals surface area contributed by atoms with Gasteiger partial charge in [-0.25, -0.2) is 0 Å². The van der Waals surface area contributed by atoms with E-state index in [9.17, 15) is 4.79 Å². The Labute approximate surface area is 104 Å². The first-order valence-corrected chi connectivity index (χ1v) is 6.27. The van der Waals surface area contributed by atoms with E-state index in [1.54, 1.807) is 6.08 Å². The Hall–Kier alpha value is -1.09. The van der Waals surface area contributed by atoms with E-state index < -0.39 is 0 Å². The van der Waals surface area contributed by atoms with Gasteiger partial charge in [-0.1, -0.05) is 28.1 Å². The lowest BCUT2D eigenvalue weighted by molar-refractivity contribution is 0.104. The third-order valence-corrected chi connectivity index (χ3v) is 3.18. The molecule has 3 heteroatoms. The summed E-state index contributed by atoms with van der Waals surface area (Å²) in [5.41, 5.74) is 0.727. The topological polar surface area (TPSA) is 20.3 Å². The number of likely N-dealkylation sites (tertiary alicyclic amines) is 1. The number of rotatable bonds is 3. The molecule has 0 atom stereocenters. The van der Waals surface area contributed by atoms with Crippen LogP contribution in [0.1, 0.15) is 23.2 Å². The minimum absolute atomic E-state index is 0.0631. The second-order valence-electron chi connectivity index (χ2n) is 3.93. The van der Waals surface area contributed by atoms with Gasteiger partial charge in [0.1, 0.15) is 0 Å². The van der Waals surface area contributed by atoms with Gasteiger partial charge in [0, 0.05) is 35.4 Å². The summed E-state index contributed by atoms with van der Waals surface area (Å²) in [6.45, 7) is 2.14. The molecule has 1 aromatic rings. The van der Waals surface area contributed by atoms with E-state index in [-0.39, 0.29) is 5.78 Å². The number of ketones is 1. The van der Waals surface area contributed by atoms with Crippen LogP contribution in [0.3, 0.4) is 0 Å². The molecule has 0 aromatic heterocycles. The van der Waals surface area contributed by atoms with Crippen molar-refractivity contribution in [3.63, 3.8) is 0 Å². The number of nitrogens with zero attached hydrogens (tertiary/aromatic N) is 1. The van der Waals surface area contributed by atoms with Gasteiger partial charge >= 0.3 is 0 Å². The van der Waals surface area contributed by atoms with Gasteiger partial charge in [-0.2, -0.15) is 0 Å². The van der Waals surface area contributed by atoms with Crippen LogP contribution in [-0.4, -0.2) is 23.8 Å². The molecule has 0 amide bonds. The lowest BCUT2D eigenvalue weighted by atomic mass is 10.1. The molecule has 0 bridgehead atoms. The molecule has 0 radical (unpaired) electrons. The first kappa shape index (κ1) is 11.4. The van der Waals surface area contributed by atoms with Gasteiger partial charge in [0.05, 0.1) is 0 Å². The van der Waals surface area contributed by atoms with Crippen molar-refractivity contribution in [2.45, 2.75) is 12.8 Å². The van der Waals surface area contributed by atoms with Crippen molar-refractivity contribution in [3.8, 4) is 0 Å². The molecular formula is C13H14BrNO. The highest BCUT2D eigenvalue weighted by Crippen LogP contribution is 2.13. The van der Waals surface area contributed by atoms with Crippen molar-refractivity contribution in [1.29, 1.82) is 0 Å². The number of carbonyl (C=O) groups excluding carboxylic acids is 1. The molecule has 0 N–H and O–H groups in total. The van der Waals surface area contributed by atoms with Crippen molar-refractivity contribution in [2.24, 2.45) is 0 Å². The SMILES string of the molecule is O=C(C=CN1CCCC1)c1cccc(Br)c1. The zero-order valence-corrected chi connectivity index (χ0v) is 10.6.